The molecule has 0 aromatic heterocycles. The molecule has 2 N–H and O–H groups in total. The molecule has 20 heavy (non-hydrogen) atoms. The summed E-state index contributed by atoms with van der Waals surface area (Å²) in [4.78, 5) is 10.7. The second-order valence-corrected chi connectivity index (χ2v) is 4.74. The zero-order valence-electron chi connectivity index (χ0n) is 10.2. The summed E-state index contributed by atoms with van der Waals surface area (Å²) in [5.41, 5.74) is 4.53. The minimum Gasteiger partial charge on any atom is -0.478 e. The maximum atomic E-state index is 10.7. The third-order valence-corrected chi connectivity index (χ3v) is 3.22. The van der Waals surface area contributed by atoms with Crippen molar-refractivity contribution in [2.45, 2.75) is 0 Å². The van der Waals surface area contributed by atoms with Gasteiger partial charge in [-0.2, -0.15) is 5.10 Å². The van der Waals surface area contributed by atoms with Crippen molar-refractivity contribution in [3.05, 3.63) is 63.6 Å². The maximum Gasteiger partial charge on any atom is 0.335 e. The first-order chi connectivity index (χ1) is 9.56. The summed E-state index contributed by atoms with van der Waals surface area (Å²) in [7, 11) is 0. The minimum atomic E-state index is -0.956. The van der Waals surface area contributed by atoms with Gasteiger partial charge in [0.25, 0.3) is 0 Å². The first-order valence-electron chi connectivity index (χ1n) is 5.64. The highest BCUT2D eigenvalue weighted by molar-refractivity contribution is 6.42. The van der Waals surface area contributed by atoms with Gasteiger partial charge < -0.3 is 5.11 Å². The molecule has 0 bridgehead atoms. The van der Waals surface area contributed by atoms with E-state index in [1.54, 1.807) is 36.5 Å². The van der Waals surface area contributed by atoms with Crippen molar-refractivity contribution in [3.8, 4) is 0 Å². The van der Waals surface area contributed by atoms with E-state index >= 15 is 0 Å². The molecule has 0 spiro atoms. The third-order valence-electron chi connectivity index (χ3n) is 2.48. The van der Waals surface area contributed by atoms with E-state index in [1.165, 1.54) is 12.1 Å². The van der Waals surface area contributed by atoms with Gasteiger partial charge in [-0.3, -0.25) is 5.43 Å². The molecule has 0 aliphatic rings. The predicted octanol–water partition coefficient (Wildman–Crippen LogP) is 4.14. The first kappa shape index (κ1) is 14.4. The number of halogens is 2. The molecule has 102 valence electrons. The topological polar surface area (TPSA) is 61.7 Å². The van der Waals surface area contributed by atoms with Crippen LogP contribution < -0.4 is 5.43 Å². The molecule has 4 nitrogen and oxygen atoms in total. The van der Waals surface area contributed by atoms with Crippen molar-refractivity contribution in [3.63, 3.8) is 0 Å². The van der Waals surface area contributed by atoms with Gasteiger partial charge in [-0.25, -0.2) is 4.79 Å². The normalized spacial score (nSPS) is 10.7. The van der Waals surface area contributed by atoms with Crippen LogP contribution in [0.5, 0.6) is 0 Å². The second kappa shape index (κ2) is 6.41. The molecule has 2 aromatic carbocycles. The van der Waals surface area contributed by atoms with Gasteiger partial charge in [0.15, 0.2) is 0 Å². The molecule has 0 atom stereocenters. The van der Waals surface area contributed by atoms with Crippen LogP contribution in [0.1, 0.15) is 15.9 Å². The SMILES string of the molecule is O=C(O)c1ccc(C=NNc2ccc(Cl)c(Cl)c2)cc1. The highest BCUT2D eigenvalue weighted by Gasteiger charge is 2.00. The van der Waals surface area contributed by atoms with E-state index in [9.17, 15) is 4.79 Å². The van der Waals surface area contributed by atoms with Gasteiger partial charge in [0, 0.05) is 0 Å². The van der Waals surface area contributed by atoms with Gasteiger partial charge in [0.1, 0.15) is 0 Å². The van der Waals surface area contributed by atoms with Crippen molar-refractivity contribution in [1.29, 1.82) is 0 Å². The average Bonchev–Trinajstić information content (AvgIpc) is 2.43. The molecule has 0 saturated heterocycles. The van der Waals surface area contributed by atoms with Gasteiger partial charge in [0.05, 0.1) is 27.5 Å². The zero-order chi connectivity index (χ0) is 14.5. The highest BCUT2D eigenvalue weighted by atomic mass is 35.5. The number of nitrogens with zero attached hydrogens (tertiary/aromatic N) is 1. The van der Waals surface area contributed by atoms with Crippen molar-refractivity contribution in [1.82, 2.24) is 0 Å². The molecule has 0 fully saturated rings. The Kier molecular flexibility index (Phi) is 4.61. The number of benzene rings is 2. The lowest BCUT2D eigenvalue weighted by Gasteiger charge is -2.02. The summed E-state index contributed by atoms with van der Waals surface area (Å²) in [6.07, 6.45) is 1.58. The minimum absolute atomic E-state index is 0.236. The summed E-state index contributed by atoms with van der Waals surface area (Å²) in [5, 5.41) is 13.7. The zero-order valence-corrected chi connectivity index (χ0v) is 11.7. The monoisotopic (exact) mass is 308 g/mol. The van der Waals surface area contributed by atoms with Gasteiger partial charge in [-0.15, -0.1) is 0 Å². The van der Waals surface area contributed by atoms with E-state index in [0.717, 1.165) is 5.56 Å². The molecule has 6 heteroatoms. The Morgan fingerprint density at radius 2 is 1.80 bits per heavy atom. The molecule has 0 heterocycles. The lowest BCUT2D eigenvalue weighted by molar-refractivity contribution is 0.0697. The Morgan fingerprint density at radius 1 is 1.10 bits per heavy atom. The molecule has 0 unspecified atom stereocenters. The molecule has 2 aromatic rings. The Balaban J connectivity index is 2.02. The maximum absolute atomic E-state index is 10.7. The number of carbonyl (C=O) groups is 1. The van der Waals surface area contributed by atoms with E-state index in [0.29, 0.717) is 15.7 Å². The van der Waals surface area contributed by atoms with E-state index in [2.05, 4.69) is 10.5 Å². The largest absolute Gasteiger partial charge is 0.478 e. The van der Waals surface area contributed by atoms with Crippen LogP contribution >= 0.6 is 23.2 Å². The summed E-state index contributed by atoms with van der Waals surface area (Å²) >= 11 is 11.7. The van der Waals surface area contributed by atoms with E-state index in [1.807, 2.05) is 0 Å². The Bertz CT molecular complexity index is 655. The first-order valence-corrected chi connectivity index (χ1v) is 6.39. The average molecular weight is 309 g/mol. The number of anilines is 1. The van der Waals surface area contributed by atoms with Crippen LogP contribution in [0.3, 0.4) is 0 Å². The summed E-state index contributed by atoms with van der Waals surface area (Å²) in [6, 6.07) is 11.5. The van der Waals surface area contributed by atoms with Crippen molar-refractivity contribution in [2.24, 2.45) is 5.10 Å². The van der Waals surface area contributed by atoms with Crippen molar-refractivity contribution in [2.75, 3.05) is 5.43 Å². The number of hydrogen-bond acceptors (Lipinski definition) is 3. The molecule has 0 aliphatic carbocycles. The van der Waals surface area contributed by atoms with E-state index < -0.39 is 5.97 Å². The van der Waals surface area contributed by atoms with E-state index in [-0.39, 0.29) is 5.56 Å². The summed E-state index contributed by atoms with van der Waals surface area (Å²) < 4.78 is 0. The van der Waals surface area contributed by atoms with Gasteiger partial charge >= 0.3 is 5.97 Å². The molecule has 0 amide bonds. The lowest BCUT2D eigenvalue weighted by atomic mass is 10.1. The van der Waals surface area contributed by atoms with Gasteiger partial charge in [-0.05, 0) is 35.9 Å². The molecular weight excluding hydrogens is 299 g/mol. The fraction of sp³-hybridized carbons (Fsp3) is 0. The number of hydrazone groups is 1. The van der Waals surface area contributed by atoms with Crippen LogP contribution in [0.25, 0.3) is 0 Å². The number of carboxylic acid groups (broad SMARTS) is 1. The fourth-order valence-electron chi connectivity index (χ4n) is 1.46. The van der Waals surface area contributed by atoms with Crippen molar-refractivity contribution >= 4 is 41.1 Å². The fourth-order valence-corrected chi connectivity index (χ4v) is 1.76. The molecule has 0 saturated carbocycles. The number of rotatable bonds is 4. The summed E-state index contributed by atoms with van der Waals surface area (Å²) in [6.45, 7) is 0. The Morgan fingerprint density at radius 3 is 2.40 bits per heavy atom. The highest BCUT2D eigenvalue weighted by Crippen LogP contribution is 2.24. The predicted molar refractivity (Wildman–Crippen MR) is 81.1 cm³/mol. The smallest absolute Gasteiger partial charge is 0.335 e. The summed E-state index contributed by atoms with van der Waals surface area (Å²) in [5.74, 6) is -0.956. The van der Waals surface area contributed by atoms with Crippen LogP contribution in [0.15, 0.2) is 47.6 Å². The van der Waals surface area contributed by atoms with Crippen LogP contribution in [0, 0.1) is 0 Å². The van der Waals surface area contributed by atoms with Gasteiger partial charge in [0.2, 0.25) is 0 Å². The van der Waals surface area contributed by atoms with Crippen molar-refractivity contribution < 1.29 is 9.90 Å². The standard InChI is InChI=1S/C14H10Cl2N2O2/c15-12-6-5-11(7-13(12)16)18-17-8-9-1-3-10(4-2-9)14(19)20/h1-8,18H,(H,19,20). The van der Waals surface area contributed by atoms with Gasteiger partial charge in [-0.1, -0.05) is 35.3 Å². The molecule has 0 radical (unpaired) electrons. The number of nitrogens with one attached hydrogen (secondary N) is 1. The lowest BCUT2D eigenvalue weighted by Crippen LogP contribution is -1.96. The second-order valence-electron chi connectivity index (χ2n) is 3.93. The van der Waals surface area contributed by atoms with Crippen LogP contribution in [-0.2, 0) is 0 Å². The Hall–Kier alpha value is -2.04. The quantitative estimate of drug-likeness (QED) is 0.659. The molecular formula is C14H10Cl2N2O2. The Labute approximate surface area is 125 Å². The number of carboxylic acids is 1. The van der Waals surface area contributed by atoms with Crippen LogP contribution in [-0.4, -0.2) is 17.3 Å². The third kappa shape index (κ3) is 3.73. The van der Waals surface area contributed by atoms with Crippen LogP contribution in [0.2, 0.25) is 10.0 Å². The molecule has 0 aliphatic heterocycles. The number of hydrogen-bond donors (Lipinski definition) is 2. The number of aromatic carboxylic acids is 1. The van der Waals surface area contributed by atoms with E-state index in [4.69, 9.17) is 28.3 Å². The van der Waals surface area contributed by atoms with Crippen LogP contribution in [0.4, 0.5) is 5.69 Å². The molecule has 2 rings (SSSR count).